The average molecular weight is 421 g/mol. The van der Waals surface area contributed by atoms with Crippen LogP contribution in [0, 0.1) is 0 Å². The van der Waals surface area contributed by atoms with E-state index >= 15 is 0 Å². The van der Waals surface area contributed by atoms with Gasteiger partial charge < -0.3 is 14.7 Å². The highest BCUT2D eigenvalue weighted by Crippen LogP contribution is 2.24. The van der Waals surface area contributed by atoms with Crippen molar-refractivity contribution in [1.29, 1.82) is 0 Å². The smallest absolute Gasteiger partial charge is 0.230 e. The minimum absolute atomic E-state index is 0.0879. The fraction of sp³-hybridized carbons (Fsp3) is 0.375. The number of amides is 1. The Morgan fingerprint density at radius 1 is 1.23 bits per heavy atom. The third-order valence-corrected chi connectivity index (χ3v) is 5.57. The normalized spacial score (nSPS) is 18.9. The number of carbonyl (C=O) groups excluding carboxylic acids is 1. The zero-order chi connectivity index (χ0) is 21.8. The van der Waals surface area contributed by atoms with Crippen molar-refractivity contribution in [2.75, 3.05) is 13.1 Å². The molecule has 4 rings (SSSR count). The molecule has 1 aliphatic heterocycles. The van der Waals surface area contributed by atoms with E-state index < -0.39 is 6.10 Å². The number of aliphatic hydroxyl groups is 1. The second kappa shape index (κ2) is 9.31. The van der Waals surface area contributed by atoms with Crippen molar-refractivity contribution in [2.45, 2.75) is 44.8 Å². The van der Waals surface area contributed by atoms with Crippen molar-refractivity contribution in [3.05, 3.63) is 66.0 Å². The quantitative estimate of drug-likeness (QED) is 0.639. The summed E-state index contributed by atoms with van der Waals surface area (Å²) in [5, 5.41) is 17.6. The Morgan fingerprint density at radius 3 is 2.77 bits per heavy atom. The van der Waals surface area contributed by atoms with Crippen LogP contribution >= 0.6 is 0 Å². The molecule has 2 N–H and O–H groups in total. The van der Waals surface area contributed by atoms with Gasteiger partial charge in [-0.25, -0.2) is 4.98 Å². The lowest BCUT2D eigenvalue weighted by molar-refractivity contribution is -0.136. The van der Waals surface area contributed by atoms with Crippen molar-refractivity contribution in [3.63, 3.8) is 0 Å². The second-order valence-corrected chi connectivity index (χ2v) is 8.23. The van der Waals surface area contributed by atoms with E-state index in [0.717, 1.165) is 11.3 Å². The van der Waals surface area contributed by atoms with Crippen LogP contribution < -0.4 is 4.74 Å². The molecule has 0 spiro atoms. The zero-order valence-electron chi connectivity index (χ0n) is 17.9. The van der Waals surface area contributed by atoms with E-state index in [0.29, 0.717) is 30.5 Å². The monoisotopic (exact) mass is 420 g/mol. The standard InChI is InChI=1S/C24H28N4O3/c1-16(2)18-9-6-10-19(13-18)31-21-11-12-28(15-20(21)29)23(30)14-22-25-24(27-26-22)17-7-4-3-5-8-17/h3-10,13,16,20-21,29H,11-12,14-15H2,1-2H3,(H,25,26,27)/t20-,21-/m1/s1. The number of carbonyl (C=O) groups is 1. The van der Waals surface area contributed by atoms with Crippen molar-refractivity contribution >= 4 is 5.91 Å². The number of piperidine rings is 1. The highest BCUT2D eigenvalue weighted by atomic mass is 16.5. The number of aromatic nitrogens is 3. The number of aliphatic hydroxyl groups excluding tert-OH is 1. The first-order valence-corrected chi connectivity index (χ1v) is 10.7. The summed E-state index contributed by atoms with van der Waals surface area (Å²) in [6, 6.07) is 17.6. The summed E-state index contributed by atoms with van der Waals surface area (Å²) in [5.74, 6) is 2.16. The molecular formula is C24H28N4O3. The van der Waals surface area contributed by atoms with Gasteiger partial charge in [-0.3, -0.25) is 9.89 Å². The molecule has 0 saturated carbocycles. The van der Waals surface area contributed by atoms with Gasteiger partial charge >= 0.3 is 0 Å². The van der Waals surface area contributed by atoms with Crippen LogP contribution in [-0.2, 0) is 11.2 Å². The van der Waals surface area contributed by atoms with Gasteiger partial charge in [0.1, 0.15) is 23.8 Å². The van der Waals surface area contributed by atoms with Crippen molar-refractivity contribution < 1.29 is 14.6 Å². The highest BCUT2D eigenvalue weighted by molar-refractivity contribution is 5.78. The summed E-state index contributed by atoms with van der Waals surface area (Å²) in [5.41, 5.74) is 2.09. The average Bonchev–Trinajstić information content (AvgIpc) is 3.24. The Balaban J connectivity index is 1.33. The maximum Gasteiger partial charge on any atom is 0.230 e. The minimum atomic E-state index is -0.741. The second-order valence-electron chi connectivity index (χ2n) is 8.23. The van der Waals surface area contributed by atoms with Crippen molar-refractivity contribution in [2.24, 2.45) is 0 Å². The maximum atomic E-state index is 12.7. The minimum Gasteiger partial charge on any atom is -0.488 e. The Morgan fingerprint density at radius 2 is 2.03 bits per heavy atom. The van der Waals surface area contributed by atoms with E-state index in [2.05, 4.69) is 35.1 Å². The molecule has 7 heteroatoms. The van der Waals surface area contributed by atoms with Gasteiger partial charge in [0.05, 0.1) is 13.0 Å². The molecule has 1 amide bonds. The van der Waals surface area contributed by atoms with E-state index in [-0.39, 0.29) is 25.0 Å². The lowest BCUT2D eigenvalue weighted by Gasteiger charge is -2.36. The molecule has 31 heavy (non-hydrogen) atoms. The number of likely N-dealkylation sites (tertiary alicyclic amines) is 1. The largest absolute Gasteiger partial charge is 0.488 e. The number of benzene rings is 2. The molecule has 3 aromatic rings. The number of aromatic amines is 1. The van der Waals surface area contributed by atoms with Crippen LogP contribution in [0.3, 0.4) is 0 Å². The van der Waals surface area contributed by atoms with Gasteiger partial charge in [0, 0.05) is 18.5 Å². The third kappa shape index (κ3) is 5.11. The van der Waals surface area contributed by atoms with Crippen LogP contribution in [0.2, 0.25) is 0 Å². The SMILES string of the molecule is CC(C)c1cccc(O[C@@H]2CCN(C(=O)Cc3nc(-c4ccccc4)n[nH]3)C[C@H]2O)c1. The first-order chi connectivity index (χ1) is 15.0. The Hall–Kier alpha value is -3.19. The van der Waals surface area contributed by atoms with Gasteiger partial charge in [-0.1, -0.05) is 56.3 Å². The van der Waals surface area contributed by atoms with Gasteiger partial charge in [-0.2, -0.15) is 5.10 Å². The number of hydrogen-bond donors (Lipinski definition) is 2. The van der Waals surface area contributed by atoms with E-state index in [1.807, 2.05) is 48.5 Å². The van der Waals surface area contributed by atoms with Gasteiger partial charge in [0.2, 0.25) is 5.91 Å². The first kappa shape index (κ1) is 21.1. The van der Waals surface area contributed by atoms with E-state index in [4.69, 9.17) is 4.74 Å². The van der Waals surface area contributed by atoms with Gasteiger partial charge in [-0.15, -0.1) is 0 Å². The lowest BCUT2D eigenvalue weighted by atomic mass is 10.0. The molecule has 1 saturated heterocycles. The predicted octanol–water partition coefficient (Wildman–Crippen LogP) is 3.18. The van der Waals surface area contributed by atoms with Gasteiger partial charge in [0.15, 0.2) is 5.82 Å². The fourth-order valence-electron chi connectivity index (χ4n) is 3.74. The predicted molar refractivity (Wildman–Crippen MR) is 118 cm³/mol. The van der Waals surface area contributed by atoms with Crippen LogP contribution in [0.5, 0.6) is 5.75 Å². The molecule has 0 unspecified atom stereocenters. The number of ether oxygens (including phenoxy) is 1. The highest BCUT2D eigenvalue weighted by Gasteiger charge is 2.32. The molecule has 0 aliphatic carbocycles. The number of nitrogens with one attached hydrogen (secondary N) is 1. The molecule has 162 valence electrons. The van der Waals surface area contributed by atoms with Crippen molar-refractivity contribution in [1.82, 2.24) is 20.1 Å². The molecule has 0 bridgehead atoms. The molecule has 2 atom stereocenters. The van der Waals surface area contributed by atoms with Crippen molar-refractivity contribution in [3.8, 4) is 17.1 Å². The van der Waals surface area contributed by atoms with Crippen LogP contribution in [0.4, 0.5) is 0 Å². The molecule has 1 aromatic heterocycles. The molecule has 2 aromatic carbocycles. The summed E-state index contributed by atoms with van der Waals surface area (Å²) in [4.78, 5) is 18.8. The zero-order valence-corrected chi connectivity index (χ0v) is 17.9. The Bertz CT molecular complexity index is 1020. The molecule has 1 fully saturated rings. The topological polar surface area (TPSA) is 91.3 Å². The number of hydrogen-bond acceptors (Lipinski definition) is 5. The molecule has 0 radical (unpaired) electrons. The molecule has 2 heterocycles. The van der Waals surface area contributed by atoms with E-state index in [1.54, 1.807) is 4.90 Å². The van der Waals surface area contributed by atoms with E-state index in [9.17, 15) is 9.90 Å². The summed E-state index contributed by atoms with van der Waals surface area (Å²) >= 11 is 0. The Labute approximate surface area is 182 Å². The summed E-state index contributed by atoms with van der Waals surface area (Å²) in [6.07, 6.45) is -0.379. The van der Waals surface area contributed by atoms with Crippen LogP contribution in [-0.4, -0.2) is 56.4 Å². The van der Waals surface area contributed by atoms with Gasteiger partial charge in [0.25, 0.3) is 0 Å². The van der Waals surface area contributed by atoms with Crippen LogP contribution in [0.25, 0.3) is 11.4 Å². The fourth-order valence-corrected chi connectivity index (χ4v) is 3.74. The van der Waals surface area contributed by atoms with Gasteiger partial charge in [-0.05, 0) is 23.6 Å². The number of β-amino-alcohol motifs (C(OH)–C–C–N with tert-alkyl or cyclic N) is 1. The number of rotatable bonds is 6. The maximum absolute atomic E-state index is 12.7. The van der Waals surface area contributed by atoms with Crippen LogP contribution in [0.1, 0.15) is 37.6 Å². The van der Waals surface area contributed by atoms with E-state index in [1.165, 1.54) is 5.56 Å². The Kier molecular flexibility index (Phi) is 6.32. The third-order valence-electron chi connectivity index (χ3n) is 5.57. The number of H-pyrrole nitrogens is 1. The first-order valence-electron chi connectivity index (χ1n) is 10.7. The summed E-state index contributed by atoms with van der Waals surface area (Å²) in [6.45, 7) is 5.04. The molecular weight excluding hydrogens is 392 g/mol. The summed E-state index contributed by atoms with van der Waals surface area (Å²) in [7, 11) is 0. The number of nitrogens with zero attached hydrogens (tertiary/aromatic N) is 3. The van der Waals surface area contributed by atoms with Crippen LogP contribution in [0.15, 0.2) is 54.6 Å². The summed E-state index contributed by atoms with van der Waals surface area (Å²) < 4.78 is 6.04. The molecule has 7 nitrogen and oxygen atoms in total. The lowest BCUT2D eigenvalue weighted by Crippen LogP contribution is -2.51. The molecule has 1 aliphatic rings.